The van der Waals surface area contributed by atoms with E-state index in [9.17, 15) is 4.79 Å². The number of nitrogens with zero attached hydrogens (tertiary/aromatic N) is 3. The van der Waals surface area contributed by atoms with Gasteiger partial charge < -0.3 is 10.0 Å². The first-order chi connectivity index (χ1) is 11.2. The number of carbonyl (C=O) groups is 2. The quantitative estimate of drug-likeness (QED) is 0.673. The number of hydrogen-bond donors (Lipinski definition) is 1. The highest BCUT2D eigenvalue weighted by Crippen LogP contribution is 2.30. The number of carbonyl (C=O) groups excluding carboxylic acids is 1. The summed E-state index contributed by atoms with van der Waals surface area (Å²) in [5.74, 6) is 0.306. The average molecular weight is 333 g/mol. The van der Waals surface area contributed by atoms with Gasteiger partial charge in [0.15, 0.2) is 0 Å². The summed E-state index contributed by atoms with van der Waals surface area (Å²) in [7, 11) is 0. The highest BCUT2D eigenvalue weighted by molar-refractivity contribution is 7.97. The van der Waals surface area contributed by atoms with E-state index < -0.39 is 0 Å². The first kappa shape index (κ1) is 17.3. The van der Waals surface area contributed by atoms with Crippen molar-refractivity contribution in [3.8, 4) is 6.07 Å². The zero-order valence-electron chi connectivity index (χ0n) is 12.7. The average Bonchev–Trinajstić information content (AvgIpc) is 3.05. The molecule has 3 rings (SSSR count). The van der Waals surface area contributed by atoms with Crippen LogP contribution in [-0.2, 0) is 4.79 Å². The summed E-state index contributed by atoms with van der Waals surface area (Å²) in [5, 5.41) is 15.7. The number of likely N-dealkylation sites (tertiary alicyclic amines) is 1. The SMILES string of the molecule is N#CC1CN(Sc2cccc(C(=O)N3CCCC3)c2)C1.O=CO. The zero-order valence-corrected chi connectivity index (χ0v) is 13.5. The van der Waals surface area contributed by atoms with Gasteiger partial charge in [0.1, 0.15) is 0 Å². The minimum absolute atomic E-state index is 0.142. The molecule has 2 saturated heterocycles. The predicted octanol–water partition coefficient (Wildman–Crippen LogP) is 2.09. The fourth-order valence-electron chi connectivity index (χ4n) is 2.53. The van der Waals surface area contributed by atoms with Crippen molar-refractivity contribution in [2.45, 2.75) is 17.7 Å². The standard InChI is InChI=1S/C15H17N3OS.CH2O2/c16-9-12-10-18(11-12)20-14-5-3-4-13(8-14)15(19)17-6-1-2-7-17;2-1-3/h3-5,8,12H,1-2,6-7,10-11H2;1H,(H,2,3). The van der Waals surface area contributed by atoms with Gasteiger partial charge in [-0.25, -0.2) is 4.31 Å². The molecule has 0 unspecified atom stereocenters. The van der Waals surface area contributed by atoms with Crippen LogP contribution >= 0.6 is 11.9 Å². The lowest BCUT2D eigenvalue weighted by Gasteiger charge is -2.33. The number of hydrogen-bond acceptors (Lipinski definition) is 5. The van der Waals surface area contributed by atoms with Gasteiger partial charge in [0, 0.05) is 36.6 Å². The summed E-state index contributed by atoms with van der Waals surface area (Å²) < 4.78 is 2.16. The molecule has 1 amide bonds. The molecule has 0 spiro atoms. The van der Waals surface area contributed by atoms with Gasteiger partial charge in [-0.3, -0.25) is 9.59 Å². The van der Waals surface area contributed by atoms with E-state index in [0.717, 1.165) is 49.5 Å². The van der Waals surface area contributed by atoms with Crippen molar-refractivity contribution < 1.29 is 14.7 Å². The number of nitriles is 1. The van der Waals surface area contributed by atoms with Crippen LogP contribution in [0.25, 0.3) is 0 Å². The Bertz CT molecular complexity index is 590. The monoisotopic (exact) mass is 333 g/mol. The van der Waals surface area contributed by atoms with Crippen LogP contribution in [-0.4, -0.2) is 52.9 Å². The van der Waals surface area contributed by atoms with Gasteiger partial charge in [0.2, 0.25) is 0 Å². The molecule has 2 aliphatic heterocycles. The number of benzene rings is 1. The largest absolute Gasteiger partial charge is 0.483 e. The molecule has 1 N–H and O–H groups in total. The van der Waals surface area contributed by atoms with Crippen molar-refractivity contribution >= 4 is 24.3 Å². The third-order valence-electron chi connectivity index (χ3n) is 3.74. The van der Waals surface area contributed by atoms with Crippen LogP contribution in [0.3, 0.4) is 0 Å². The van der Waals surface area contributed by atoms with Gasteiger partial charge >= 0.3 is 0 Å². The molecule has 1 aromatic carbocycles. The summed E-state index contributed by atoms with van der Waals surface area (Å²) in [5.41, 5.74) is 0.772. The highest BCUT2D eigenvalue weighted by Gasteiger charge is 2.27. The van der Waals surface area contributed by atoms with Crippen molar-refractivity contribution in [3.63, 3.8) is 0 Å². The molecule has 0 aromatic heterocycles. The molecule has 2 heterocycles. The van der Waals surface area contributed by atoms with Gasteiger partial charge in [0.25, 0.3) is 12.4 Å². The molecule has 0 aliphatic carbocycles. The maximum absolute atomic E-state index is 12.3. The molecule has 1 aromatic rings. The Morgan fingerprint density at radius 2 is 2.00 bits per heavy atom. The second-order valence-electron chi connectivity index (χ2n) is 5.40. The summed E-state index contributed by atoms with van der Waals surface area (Å²) in [6.07, 6.45) is 2.23. The van der Waals surface area contributed by atoms with Gasteiger partial charge in [-0.15, -0.1) is 0 Å². The van der Waals surface area contributed by atoms with Crippen LogP contribution in [0.5, 0.6) is 0 Å². The van der Waals surface area contributed by atoms with E-state index in [1.54, 1.807) is 11.9 Å². The topological polar surface area (TPSA) is 84.6 Å². The van der Waals surface area contributed by atoms with E-state index in [1.165, 1.54) is 0 Å². The molecule has 0 atom stereocenters. The molecule has 0 bridgehead atoms. The Hall–Kier alpha value is -2.04. The molecule has 0 radical (unpaired) electrons. The fourth-order valence-corrected chi connectivity index (χ4v) is 3.66. The number of rotatable bonds is 3. The summed E-state index contributed by atoms with van der Waals surface area (Å²) in [4.78, 5) is 23.7. The van der Waals surface area contributed by atoms with Crippen molar-refractivity contribution in [1.29, 1.82) is 5.26 Å². The second kappa shape index (κ2) is 8.56. The van der Waals surface area contributed by atoms with Gasteiger partial charge in [0.05, 0.1) is 12.0 Å². The van der Waals surface area contributed by atoms with Gasteiger partial charge in [-0.05, 0) is 43.0 Å². The van der Waals surface area contributed by atoms with Crippen molar-refractivity contribution in [2.75, 3.05) is 26.2 Å². The normalized spacial score (nSPS) is 17.6. The van der Waals surface area contributed by atoms with Crippen LogP contribution in [0.1, 0.15) is 23.2 Å². The third-order valence-corrected chi connectivity index (χ3v) is 4.76. The fraction of sp³-hybridized carbons (Fsp3) is 0.438. The minimum Gasteiger partial charge on any atom is -0.483 e. The molecule has 2 fully saturated rings. The molecule has 0 saturated carbocycles. The first-order valence-electron chi connectivity index (χ1n) is 7.47. The van der Waals surface area contributed by atoms with Gasteiger partial charge in [-0.1, -0.05) is 6.07 Å². The van der Waals surface area contributed by atoms with Crippen LogP contribution in [0.2, 0.25) is 0 Å². The Morgan fingerprint density at radius 1 is 1.35 bits per heavy atom. The molecule has 122 valence electrons. The maximum atomic E-state index is 12.3. The highest BCUT2D eigenvalue weighted by atomic mass is 32.2. The molecular formula is C16H19N3O3S. The lowest BCUT2D eigenvalue weighted by atomic mass is 10.1. The Balaban J connectivity index is 0.000000595. The van der Waals surface area contributed by atoms with E-state index >= 15 is 0 Å². The van der Waals surface area contributed by atoms with Crippen LogP contribution in [0.4, 0.5) is 0 Å². The first-order valence-corrected chi connectivity index (χ1v) is 8.25. The van der Waals surface area contributed by atoms with Crippen molar-refractivity contribution in [1.82, 2.24) is 9.21 Å². The maximum Gasteiger partial charge on any atom is 0.290 e. The van der Waals surface area contributed by atoms with Crippen LogP contribution < -0.4 is 0 Å². The Kier molecular flexibility index (Phi) is 6.44. The Labute approximate surface area is 139 Å². The van der Waals surface area contributed by atoms with Gasteiger partial charge in [-0.2, -0.15) is 5.26 Å². The predicted molar refractivity (Wildman–Crippen MR) is 86.8 cm³/mol. The summed E-state index contributed by atoms with van der Waals surface area (Å²) in [6.45, 7) is 3.13. The van der Waals surface area contributed by atoms with E-state index in [-0.39, 0.29) is 18.3 Å². The minimum atomic E-state index is -0.250. The van der Waals surface area contributed by atoms with E-state index in [0.29, 0.717) is 0 Å². The van der Waals surface area contributed by atoms with Crippen molar-refractivity contribution in [2.24, 2.45) is 5.92 Å². The second-order valence-corrected chi connectivity index (χ2v) is 6.57. The molecule has 7 heteroatoms. The smallest absolute Gasteiger partial charge is 0.290 e. The van der Waals surface area contributed by atoms with Crippen LogP contribution in [0, 0.1) is 17.2 Å². The third kappa shape index (κ3) is 4.71. The molecule has 6 nitrogen and oxygen atoms in total. The van der Waals surface area contributed by atoms with E-state index in [1.807, 2.05) is 29.2 Å². The lowest BCUT2D eigenvalue weighted by molar-refractivity contribution is -0.122. The summed E-state index contributed by atoms with van der Waals surface area (Å²) >= 11 is 1.64. The Morgan fingerprint density at radius 3 is 2.61 bits per heavy atom. The zero-order chi connectivity index (χ0) is 16.7. The molecule has 2 aliphatic rings. The molecule has 23 heavy (non-hydrogen) atoms. The van der Waals surface area contributed by atoms with E-state index in [2.05, 4.69) is 10.4 Å². The number of carboxylic acid groups (broad SMARTS) is 1. The summed E-state index contributed by atoms with van der Waals surface area (Å²) in [6, 6.07) is 10.1. The van der Waals surface area contributed by atoms with E-state index in [4.69, 9.17) is 15.2 Å². The van der Waals surface area contributed by atoms with Crippen molar-refractivity contribution in [3.05, 3.63) is 29.8 Å². The molecular weight excluding hydrogens is 314 g/mol. The lowest BCUT2D eigenvalue weighted by Crippen LogP contribution is -2.40. The number of amides is 1. The van der Waals surface area contributed by atoms with Crippen LogP contribution in [0.15, 0.2) is 29.2 Å².